The summed E-state index contributed by atoms with van der Waals surface area (Å²) in [6.07, 6.45) is 3.98. The number of nitrogens with one attached hydrogen (secondary N) is 2. The second kappa shape index (κ2) is 6.64. The van der Waals surface area contributed by atoms with Gasteiger partial charge in [0.15, 0.2) is 0 Å². The van der Waals surface area contributed by atoms with Crippen LogP contribution < -0.4 is 11.1 Å². The first-order valence-electron chi connectivity index (χ1n) is 4.20. The highest BCUT2D eigenvalue weighted by atomic mass is 16.1. The third-order valence-corrected chi connectivity index (χ3v) is 1.63. The molecule has 0 aromatic carbocycles. The predicted octanol–water partition coefficient (Wildman–Crippen LogP) is 0.619. The van der Waals surface area contributed by atoms with Crippen molar-refractivity contribution < 1.29 is 4.79 Å². The predicted molar refractivity (Wildman–Crippen MR) is 49.1 cm³/mol. The fourth-order valence-electron chi connectivity index (χ4n) is 0.903. The lowest BCUT2D eigenvalue weighted by Crippen LogP contribution is -2.17. The van der Waals surface area contributed by atoms with Gasteiger partial charge in [-0.1, -0.05) is 6.42 Å². The smallest absolute Gasteiger partial charge is 0.219 e. The molecule has 0 saturated carbocycles. The molecule has 0 bridgehead atoms. The number of carbonyl (C=O) groups is 1. The van der Waals surface area contributed by atoms with Crippen LogP contribution in [0.2, 0.25) is 0 Å². The molecule has 0 atom stereocenters. The molecule has 0 aliphatic rings. The number of amidine groups is 1. The van der Waals surface area contributed by atoms with E-state index < -0.39 is 0 Å². The van der Waals surface area contributed by atoms with Crippen LogP contribution in [0.15, 0.2) is 0 Å². The van der Waals surface area contributed by atoms with E-state index in [4.69, 9.17) is 11.1 Å². The third-order valence-electron chi connectivity index (χ3n) is 1.63. The molecule has 0 aliphatic heterocycles. The lowest BCUT2D eigenvalue weighted by atomic mass is 10.1. The second-order valence-electron chi connectivity index (χ2n) is 2.76. The fraction of sp³-hybridized carbons (Fsp3) is 0.750. The minimum atomic E-state index is 0.0813. The first-order chi connectivity index (χ1) is 5.66. The van der Waals surface area contributed by atoms with Crippen LogP contribution in [0.3, 0.4) is 0 Å². The van der Waals surface area contributed by atoms with Crippen LogP contribution in [0.4, 0.5) is 0 Å². The number of carbonyl (C=O) groups excluding carboxylic acids is 1. The summed E-state index contributed by atoms with van der Waals surface area (Å²) in [5.74, 6) is 0.313. The zero-order valence-corrected chi connectivity index (χ0v) is 7.52. The summed E-state index contributed by atoms with van der Waals surface area (Å²) in [7, 11) is 1.64. The van der Waals surface area contributed by atoms with Crippen molar-refractivity contribution in [1.29, 1.82) is 5.41 Å². The molecule has 1 amide bonds. The van der Waals surface area contributed by atoms with Crippen molar-refractivity contribution in [3.63, 3.8) is 0 Å². The Morgan fingerprint density at radius 1 is 1.33 bits per heavy atom. The molecule has 4 nitrogen and oxygen atoms in total. The highest BCUT2D eigenvalue weighted by molar-refractivity contribution is 5.76. The van der Waals surface area contributed by atoms with Crippen molar-refractivity contribution in [3.8, 4) is 0 Å². The van der Waals surface area contributed by atoms with Gasteiger partial charge in [-0.3, -0.25) is 10.2 Å². The first-order valence-corrected chi connectivity index (χ1v) is 4.20. The standard InChI is InChI=1S/C8H17N3O/c1-11-8(12)6-4-2-3-5-7(9)10/h2-6H2,1H3,(H3,9,10)(H,11,12). The quantitative estimate of drug-likeness (QED) is 0.311. The molecule has 0 unspecified atom stereocenters. The molecule has 0 rings (SSSR count). The normalized spacial score (nSPS) is 9.42. The van der Waals surface area contributed by atoms with Gasteiger partial charge >= 0.3 is 0 Å². The Kier molecular flexibility index (Phi) is 6.05. The number of hydrogen-bond donors (Lipinski definition) is 3. The van der Waals surface area contributed by atoms with Gasteiger partial charge in [-0.25, -0.2) is 0 Å². The molecule has 0 saturated heterocycles. The van der Waals surface area contributed by atoms with Gasteiger partial charge in [0.2, 0.25) is 5.91 Å². The zero-order valence-electron chi connectivity index (χ0n) is 7.52. The summed E-state index contributed by atoms with van der Waals surface area (Å²) >= 11 is 0. The number of unbranched alkanes of at least 4 members (excludes halogenated alkanes) is 2. The van der Waals surface area contributed by atoms with Gasteiger partial charge in [-0.05, 0) is 12.8 Å². The number of hydrogen-bond acceptors (Lipinski definition) is 2. The lowest BCUT2D eigenvalue weighted by molar-refractivity contribution is -0.120. The summed E-state index contributed by atoms with van der Waals surface area (Å²) in [4.78, 5) is 10.7. The van der Waals surface area contributed by atoms with E-state index in [2.05, 4.69) is 5.32 Å². The third kappa shape index (κ3) is 7.05. The van der Waals surface area contributed by atoms with Crippen LogP contribution in [-0.2, 0) is 4.79 Å². The lowest BCUT2D eigenvalue weighted by Gasteiger charge is -1.99. The van der Waals surface area contributed by atoms with Crippen molar-refractivity contribution in [1.82, 2.24) is 5.32 Å². The number of nitrogens with two attached hydrogens (primary N) is 1. The molecule has 0 aliphatic carbocycles. The Morgan fingerprint density at radius 3 is 2.42 bits per heavy atom. The van der Waals surface area contributed by atoms with Gasteiger partial charge < -0.3 is 11.1 Å². The summed E-state index contributed by atoms with van der Waals surface area (Å²) < 4.78 is 0. The maximum Gasteiger partial charge on any atom is 0.219 e. The van der Waals surface area contributed by atoms with Crippen LogP contribution in [-0.4, -0.2) is 18.8 Å². The van der Waals surface area contributed by atoms with Gasteiger partial charge in [0.05, 0.1) is 5.84 Å². The van der Waals surface area contributed by atoms with Gasteiger partial charge in [0, 0.05) is 19.9 Å². The average Bonchev–Trinajstić information content (AvgIpc) is 2.03. The van der Waals surface area contributed by atoms with Crippen molar-refractivity contribution in [2.24, 2.45) is 5.73 Å². The van der Waals surface area contributed by atoms with Crippen molar-refractivity contribution >= 4 is 11.7 Å². The van der Waals surface area contributed by atoms with Crippen molar-refractivity contribution in [2.75, 3.05) is 7.05 Å². The highest BCUT2D eigenvalue weighted by Gasteiger charge is 1.97. The van der Waals surface area contributed by atoms with Crippen LogP contribution in [0, 0.1) is 5.41 Å². The van der Waals surface area contributed by atoms with Crippen LogP contribution in [0.25, 0.3) is 0 Å². The molecule has 0 aromatic rings. The molecule has 70 valence electrons. The van der Waals surface area contributed by atoms with Crippen molar-refractivity contribution in [2.45, 2.75) is 32.1 Å². The molecule has 0 heterocycles. The van der Waals surface area contributed by atoms with Crippen molar-refractivity contribution in [3.05, 3.63) is 0 Å². The van der Waals surface area contributed by atoms with Gasteiger partial charge in [0.25, 0.3) is 0 Å². The second-order valence-corrected chi connectivity index (χ2v) is 2.76. The fourth-order valence-corrected chi connectivity index (χ4v) is 0.903. The topological polar surface area (TPSA) is 79.0 Å². The van der Waals surface area contributed by atoms with E-state index in [1.54, 1.807) is 7.05 Å². The van der Waals surface area contributed by atoms with E-state index >= 15 is 0 Å². The summed E-state index contributed by atoms with van der Waals surface area (Å²) in [5, 5.41) is 9.51. The Bertz CT molecular complexity index is 156. The van der Waals surface area contributed by atoms with E-state index in [0.717, 1.165) is 19.3 Å². The first kappa shape index (κ1) is 10.9. The molecule has 4 heteroatoms. The Morgan fingerprint density at radius 2 is 1.92 bits per heavy atom. The maximum absolute atomic E-state index is 10.7. The largest absolute Gasteiger partial charge is 0.388 e. The Labute approximate surface area is 73.0 Å². The summed E-state index contributed by atoms with van der Waals surface area (Å²) in [6, 6.07) is 0. The van der Waals surface area contributed by atoms with Gasteiger partial charge in [0.1, 0.15) is 0 Å². The summed E-state index contributed by atoms with van der Waals surface area (Å²) in [6.45, 7) is 0. The minimum absolute atomic E-state index is 0.0813. The molecule has 0 radical (unpaired) electrons. The number of amides is 1. The average molecular weight is 171 g/mol. The van der Waals surface area contributed by atoms with E-state index in [-0.39, 0.29) is 11.7 Å². The maximum atomic E-state index is 10.7. The highest BCUT2D eigenvalue weighted by Crippen LogP contribution is 2.01. The molecular formula is C8H17N3O. The van der Waals surface area contributed by atoms with E-state index in [1.807, 2.05) is 0 Å². The molecular weight excluding hydrogens is 154 g/mol. The molecule has 0 fully saturated rings. The zero-order chi connectivity index (χ0) is 9.40. The van der Waals surface area contributed by atoms with Crippen LogP contribution in [0.5, 0.6) is 0 Å². The summed E-state index contributed by atoms with van der Waals surface area (Å²) in [5.41, 5.74) is 5.16. The van der Waals surface area contributed by atoms with Crippen LogP contribution >= 0.6 is 0 Å². The Balaban J connectivity index is 3.11. The number of rotatable bonds is 6. The van der Waals surface area contributed by atoms with Gasteiger partial charge in [-0.2, -0.15) is 0 Å². The monoisotopic (exact) mass is 171 g/mol. The molecule has 0 spiro atoms. The Hall–Kier alpha value is -1.06. The van der Waals surface area contributed by atoms with E-state index in [1.165, 1.54) is 0 Å². The molecule has 0 aromatic heterocycles. The minimum Gasteiger partial charge on any atom is -0.388 e. The van der Waals surface area contributed by atoms with Crippen LogP contribution in [0.1, 0.15) is 32.1 Å². The SMILES string of the molecule is CNC(=O)CCCCCC(=N)N. The molecule has 12 heavy (non-hydrogen) atoms. The van der Waals surface area contributed by atoms with E-state index in [9.17, 15) is 4.79 Å². The molecule has 4 N–H and O–H groups in total. The van der Waals surface area contributed by atoms with E-state index in [0.29, 0.717) is 12.8 Å². The van der Waals surface area contributed by atoms with Gasteiger partial charge in [-0.15, -0.1) is 0 Å².